The maximum Gasteiger partial charge on any atom is 0.416 e. The first-order chi connectivity index (χ1) is 14.8. The van der Waals surface area contributed by atoms with Crippen molar-refractivity contribution in [3.8, 4) is 11.4 Å². The molecule has 1 aromatic carbocycles. The Labute approximate surface area is 173 Å². The van der Waals surface area contributed by atoms with Crippen LogP contribution in [0, 0.1) is 0 Å². The lowest BCUT2D eigenvalue weighted by Gasteiger charge is -2.08. The van der Waals surface area contributed by atoms with Crippen molar-refractivity contribution in [3.05, 3.63) is 68.1 Å². The van der Waals surface area contributed by atoms with E-state index in [0.717, 1.165) is 23.1 Å². The number of rotatable bonds is 6. The number of aromatic nitrogens is 6. The molecule has 3 N–H and O–H groups in total. The Kier molecular flexibility index (Phi) is 5.25. The van der Waals surface area contributed by atoms with Crippen molar-refractivity contribution in [2.75, 3.05) is 0 Å². The summed E-state index contributed by atoms with van der Waals surface area (Å²) < 4.78 is 40.1. The van der Waals surface area contributed by atoms with Gasteiger partial charge in [0.15, 0.2) is 5.65 Å². The van der Waals surface area contributed by atoms with Gasteiger partial charge < -0.3 is 4.98 Å². The molecule has 0 aliphatic heterocycles. The number of aromatic amines is 3. The van der Waals surface area contributed by atoms with Crippen molar-refractivity contribution in [2.24, 2.45) is 0 Å². The zero-order valence-electron chi connectivity index (χ0n) is 16.5. The minimum Gasteiger partial charge on any atom is -0.332 e. The average Bonchev–Trinajstić information content (AvgIpc) is 3.34. The fraction of sp³-hybridized carbons (Fsp3) is 0.300. The minimum absolute atomic E-state index is 0.115. The van der Waals surface area contributed by atoms with E-state index in [-0.39, 0.29) is 23.4 Å². The third-order valence-electron chi connectivity index (χ3n) is 4.97. The van der Waals surface area contributed by atoms with Crippen molar-refractivity contribution in [3.63, 3.8) is 0 Å². The van der Waals surface area contributed by atoms with Crippen LogP contribution in [0.1, 0.15) is 36.6 Å². The molecule has 0 unspecified atom stereocenters. The second-order valence-corrected chi connectivity index (χ2v) is 7.17. The molecule has 0 spiro atoms. The summed E-state index contributed by atoms with van der Waals surface area (Å²) in [5.41, 5.74) is -0.123. The van der Waals surface area contributed by atoms with Gasteiger partial charge in [-0.2, -0.15) is 18.3 Å². The Morgan fingerprint density at radius 1 is 1.16 bits per heavy atom. The molecule has 0 atom stereocenters. The summed E-state index contributed by atoms with van der Waals surface area (Å²) in [5.74, 6) is 0.284. The molecule has 0 amide bonds. The summed E-state index contributed by atoms with van der Waals surface area (Å²) in [6.07, 6.45) is -1.28. The lowest BCUT2D eigenvalue weighted by molar-refractivity contribution is -0.137. The normalized spacial score (nSPS) is 12.0. The second-order valence-electron chi connectivity index (χ2n) is 7.17. The fourth-order valence-corrected chi connectivity index (χ4v) is 3.37. The third-order valence-corrected chi connectivity index (χ3v) is 4.97. The van der Waals surface area contributed by atoms with Gasteiger partial charge in [-0.05, 0) is 18.1 Å². The van der Waals surface area contributed by atoms with Gasteiger partial charge in [-0.3, -0.25) is 19.4 Å². The van der Waals surface area contributed by atoms with Gasteiger partial charge in [-0.25, -0.2) is 9.78 Å². The molecule has 31 heavy (non-hydrogen) atoms. The van der Waals surface area contributed by atoms with Crippen LogP contribution in [0.25, 0.3) is 22.6 Å². The number of fused-ring (bicyclic) bond motifs is 1. The molecule has 4 aromatic rings. The van der Waals surface area contributed by atoms with Crippen molar-refractivity contribution < 1.29 is 13.2 Å². The summed E-state index contributed by atoms with van der Waals surface area (Å²) in [6, 6.07) is 5.00. The number of hydrogen-bond acceptors (Lipinski definition) is 4. The standard InChI is InChI=1S/C20H19F3N6O2/c1-2-3-7-29-18(30)15-17(27-19(29)31)26-16(25-15)13-10-24-28-14(13)9-11-5-4-6-12(8-11)20(21,22)23/h4-6,8,10H,2-3,7,9H2,1H3,(H,24,28)(H,25,26)(H,27,31). The first kappa shape index (κ1) is 20.6. The SMILES string of the molecule is CCCCn1c(=O)[nH]c2nc(-c3c[nH]nc3Cc3cccc(C(F)(F)F)c3)[nH]c2c1=O. The molecule has 162 valence electrons. The number of nitrogens with one attached hydrogen (secondary N) is 3. The summed E-state index contributed by atoms with van der Waals surface area (Å²) in [5, 5.41) is 6.81. The lowest BCUT2D eigenvalue weighted by atomic mass is 10.0. The quantitative estimate of drug-likeness (QED) is 0.434. The number of unbranched alkanes of at least 4 members (excludes halogenated alkanes) is 1. The van der Waals surface area contributed by atoms with Crippen molar-refractivity contribution >= 4 is 11.2 Å². The van der Waals surface area contributed by atoms with E-state index in [4.69, 9.17) is 0 Å². The monoisotopic (exact) mass is 432 g/mol. The van der Waals surface area contributed by atoms with E-state index in [1.807, 2.05) is 6.92 Å². The van der Waals surface area contributed by atoms with Crippen molar-refractivity contribution in [1.82, 2.24) is 29.7 Å². The fourth-order valence-electron chi connectivity index (χ4n) is 3.37. The predicted molar refractivity (Wildman–Crippen MR) is 108 cm³/mol. The molecular weight excluding hydrogens is 413 g/mol. The zero-order valence-corrected chi connectivity index (χ0v) is 16.5. The first-order valence-electron chi connectivity index (χ1n) is 9.70. The molecule has 3 aromatic heterocycles. The van der Waals surface area contributed by atoms with Gasteiger partial charge in [0.1, 0.15) is 11.3 Å². The van der Waals surface area contributed by atoms with Crippen LogP contribution in [0.2, 0.25) is 0 Å². The van der Waals surface area contributed by atoms with Crippen molar-refractivity contribution in [2.45, 2.75) is 38.9 Å². The van der Waals surface area contributed by atoms with E-state index in [1.54, 1.807) is 6.07 Å². The van der Waals surface area contributed by atoms with Crippen LogP contribution in [-0.2, 0) is 19.1 Å². The molecular formula is C20H19F3N6O2. The predicted octanol–water partition coefficient (Wildman–Crippen LogP) is 3.21. The Morgan fingerprint density at radius 3 is 2.71 bits per heavy atom. The van der Waals surface area contributed by atoms with E-state index < -0.39 is 23.0 Å². The van der Waals surface area contributed by atoms with E-state index in [0.29, 0.717) is 29.8 Å². The molecule has 0 fully saturated rings. The lowest BCUT2D eigenvalue weighted by Crippen LogP contribution is -2.35. The molecule has 0 aliphatic carbocycles. The van der Waals surface area contributed by atoms with E-state index >= 15 is 0 Å². The molecule has 4 rings (SSSR count). The number of nitrogens with zero attached hydrogens (tertiary/aromatic N) is 3. The van der Waals surface area contributed by atoms with Crippen LogP contribution >= 0.6 is 0 Å². The van der Waals surface area contributed by atoms with Gasteiger partial charge >= 0.3 is 11.9 Å². The van der Waals surface area contributed by atoms with Gasteiger partial charge in [0.25, 0.3) is 5.56 Å². The van der Waals surface area contributed by atoms with E-state index in [9.17, 15) is 22.8 Å². The van der Waals surface area contributed by atoms with Gasteiger partial charge in [0.05, 0.1) is 16.8 Å². The number of H-pyrrole nitrogens is 3. The maximum absolute atomic E-state index is 13.0. The molecule has 11 heteroatoms. The van der Waals surface area contributed by atoms with E-state index in [2.05, 4.69) is 25.1 Å². The highest BCUT2D eigenvalue weighted by molar-refractivity contribution is 5.75. The van der Waals surface area contributed by atoms with Crippen LogP contribution in [-0.4, -0.2) is 29.7 Å². The molecule has 0 saturated carbocycles. The summed E-state index contributed by atoms with van der Waals surface area (Å²) >= 11 is 0. The third kappa shape index (κ3) is 4.03. The van der Waals surface area contributed by atoms with Gasteiger partial charge in [-0.1, -0.05) is 31.5 Å². The molecule has 3 heterocycles. The van der Waals surface area contributed by atoms with Crippen LogP contribution in [0.5, 0.6) is 0 Å². The molecule has 0 radical (unpaired) electrons. The molecule has 0 saturated heterocycles. The Morgan fingerprint density at radius 2 is 1.97 bits per heavy atom. The van der Waals surface area contributed by atoms with Crippen molar-refractivity contribution in [1.29, 1.82) is 0 Å². The van der Waals surface area contributed by atoms with Crippen LogP contribution < -0.4 is 11.2 Å². The van der Waals surface area contributed by atoms with Crippen LogP contribution in [0.15, 0.2) is 40.1 Å². The summed E-state index contributed by atoms with van der Waals surface area (Å²) in [7, 11) is 0. The topological polar surface area (TPSA) is 112 Å². The second kappa shape index (κ2) is 7.89. The highest BCUT2D eigenvalue weighted by Crippen LogP contribution is 2.30. The average molecular weight is 432 g/mol. The van der Waals surface area contributed by atoms with E-state index in [1.165, 1.54) is 12.3 Å². The Balaban J connectivity index is 1.71. The van der Waals surface area contributed by atoms with Crippen LogP contribution in [0.4, 0.5) is 13.2 Å². The first-order valence-corrected chi connectivity index (χ1v) is 9.70. The Bertz CT molecular complexity index is 1350. The molecule has 0 bridgehead atoms. The number of halogens is 3. The molecule has 8 nitrogen and oxygen atoms in total. The van der Waals surface area contributed by atoms with Gasteiger partial charge in [-0.15, -0.1) is 0 Å². The zero-order chi connectivity index (χ0) is 22.2. The number of imidazole rings is 1. The molecule has 0 aliphatic rings. The number of alkyl halides is 3. The largest absolute Gasteiger partial charge is 0.416 e. The summed E-state index contributed by atoms with van der Waals surface area (Å²) in [6.45, 7) is 2.25. The Hall–Kier alpha value is -3.63. The van der Waals surface area contributed by atoms with Crippen LogP contribution in [0.3, 0.4) is 0 Å². The summed E-state index contributed by atoms with van der Waals surface area (Å²) in [4.78, 5) is 34.7. The van der Waals surface area contributed by atoms with Gasteiger partial charge in [0, 0.05) is 19.2 Å². The highest BCUT2D eigenvalue weighted by Gasteiger charge is 2.30. The number of benzene rings is 1. The van der Waals surface area contributed by atoms with Gasteiger partial charge in [0.2, 0.25) is 0 Å². The maximum atomic E-state index is 13.0. The highest BCUT2D eigenvalue weighted by atomic mass is 19.4. The number of hydrogen-bond donors (Lipinski definition) is 3. The minimum atomic E-state index is -4.44. The smallest absolute Gasteiger partial charge is 0.332 e.